The summed E-state index contributed by atoms with van der Waals surface area (Å²) in [5.41, 5.74) is 5.51. The van der Waals surface area contributed by atoms with Crippen molar-refractivity contribution in [2.45, 2.75) is 101 Å². The van der Waals surface area contributed by atoms with E-state index in [0.29, 0.717) is 52.4 Å². The van der Waals surface area contributed by atoms with Gasteiger partial charge in [-0.1, -0.05) is 76.0 Å². The van der Waals surface area contributed by atoms with Gasteiger partial charge in [-0.15, -0.1) is 0 Å². The number of hydrogen-bond donors (Lipinski definition) is 4. The number of aliphatic imine (C=N–C) groups is 1. The van der Waals surface area contributed by atoms with Crippen molar-refractivity contribution in [2.24, 2.45) is 20.5 Å². The van der Waals surface area contributed by atoms with Gasteiger partial charge in [0.25, 0.3) is 0 Å². The lowest BCUT2D eigenvalue weighted by Gasteiger charge is -2.30. The zero-order valence-corrected chi connectivity index (χ0v) is 48.4. The van der Waals surface area contributed by atoms with Crippen molar-refractivity contribution in [3.63, 3.8) is 0 Å². The average molecular weight is 1190 g/mol. The SMILES string of the molecule is OC(CO/N=C(\Cl)c1cccnc1)CN1CCCCC1.[O-][n+]1cccc(/C(Cl)=N/OCC(O)CN2CCCCC2)c1.[O-][n+]1cccc(/C(Cl)=N/OC[C@H](O)CN2CCCCC2)c1.c1cncc(C2=NC(CN3CCCCC3)CON2)c1. The van der Waals surface area contributed by atoms with Gasteiger partial charge in [0.15, 0.2) is 46.1 Å². The lowest BCUT2D eigenvalue weighted by molar-refractivity contribution is -0.605. The fraction of sp³-hybridized carbons (Fsp3) is 0.571. The van der Waals surface area contributed by atoms with Gasteiger partial charge >= 0.3 is 0 Å². The van der Waals surface area contributed by atoms with Crippen molar-refractivity contribution in [3.8, 4) is 0 Å². The van der Waals surface area contributed by atoms with Gasteiger partial charge in [0, 0.05) is 74.2 Å². The molecule has 0 amide bonds. The number of hydrogen-bond acceptors (Lipinski definition) is 20. The first-order chi connectivity index (χ1) is 39.5. The zero-order chi connectivity index (χ0) is 57.3. The Labute approximate surface area is 490 Å². The molecule has 4 atom stereocenters. The monoisotopic (exact) mass is 1180 g/mol. The van der Waals surface area contributed by atoms with Crippen molar-refractivity contribution in [3.05, 3.63) is 131 Å². The van der Waals surface area contributed by atoms with Crippen molar-refractivity contribution in [1.82, 2.24) is 35.0 Å². The van der Waals surface area contributed by atoms with Gasteiger partial charge in [0.05, 0.1) is 23.8 Å². The van der Waals surface area contributed by atoms with Crippen molar-refractivity contribution in [1.29, 1.82) is 0 Å². The first kappa shape index (κ1) is 64.8. The third-order valence-electron chi connectivity index (χ3n) is 13.5. The minimum atomic E-state index is -0.600. The minimum Gasteiger partial charge on any atom is -0.619 e. The minimum absolute atomic E-state index is 0.0803. The predicted molar refractivity (Wildman–Crippen MR) is 313 cm³/mol. The number of likely N-dealkylation sites (tertiary alicyclic amines) is 4. The highest BCUT2D eigenvalue weighted by Crippen LogP contribution is 2.15. The lowest BCUT2D eigenvalue weighted by atomic mass is 10.1. The van der Waals surface area contributed by atoms with E-state index in [-0.39, 0.29) is 41.4 Å². The fourth-order valence-electron chi connectivity index (χ4n) is 9.44. The van der Waals surface area contributed by atoms with Gasteiger partial charge in [-0.2, -0.15) is 9.46 Å². The van der Waals surface area contributed by atoms with Crippen LogP contribution in [0.2, 0.25) is 0 Å². The highest BCUT2D eigenvalue weighted by Gasteiger charge is 2.22. The van der Waals surface area contributed by atoms with Gasteiger partial charge in [0.2, 0.25) is 0 Å². The van der Waals surface area contributed by atoms with Crippen LogP contribution in [0, 0.1) is 10.4 Å². The molecule has 444 valence electrons. The molecule has 4 fully saturated rings. The number of piperidine rings is 4. The zero-order valence-electron chi connectivity index (χ0n) is 46.1. The fourth-order valence-corrected chi connectivity index (χ4v) is 9.92. The van der Waals surface area contributed by atoms with E-state index in [2.05, 4.69) is 50.5 Å². The van der Waals surface area contributed by atoms with Gasteiger partial charge in [-0.05, 0) is 140 Å². The average Bonchev–Trinajstić information content (AvgIpc) is 3.49. The van der Waals surface area contributed by atoms with Crippen LogP contribution in [0.1, 0.15) is 99.3 Å². The maximum Gasteiger partial charge on any atom is 0.190 e. The largest absolute Gasteiger partial charge is 0.619 e. The van der Waals surface area contributed by atoms with E-state index in [1.165, 1.54) is 115 Å². The molecule has 0 bridgehead atoms. The molecule has 5 aliphatic heterocycles. The van der Waals surface area contributed by atoms with Gasteiger partial charge in [-0.3, -0.25) is 19.8 Å². The standard InChI is InChI=1S/2C14H20ClN3O3.C14H20ClN3O2.C14H20N4O/c2*15-14(12-5-4-8-18(20)9-12)16-21-11-13(19)10-17-6-2-1-3-7-17;15-14(12-5-4-6-16-9-12)17-20-11-13(19)10-18-7-2-1-3-8-18;1-2-7-18(8-3-1)10-13-11-19-17-14(16-13)12-5-4-6-15-9-12/h2*4-5,8-9,13,19H,1-3,6-7,10-11H2;4-6,9,13,19H,1-3,7-8,10-11H2;4-6,9,13H,1-3,7-8,10-11H2,(H,16,17)/b2*16-14-;17-14-;/t13-;;;/m1.../s1. The van der Waals surface area contributed by atoms with Crippen molar-refractivity contribution >= 4 is 56.2 Å². The summed E-state index contributed by atoms with van der Waals surface area (Å²) < 4.78 is 1.27. The Bertz CT molecular complexity index is 2400. The van der Waals surface area contributed by atoms with Crippen LogP contribution < -0.4 is 14.9 Å². The van der Waals surface area contributed by atoms with Crippen LogP contribution in [0.15, 0.2) is 119 Å². The second-order valence-corrected chi connectivity index (χ2v) is 21.4. The number of halogens is 3. The molecule has 4 aromatic rings. The molecular formula is C56H80Cl3N13O9. The molecule has 4 saturated heterocycles. The molecule has 25 heteroatoms. The summed E-state index contributed by atoms with van der Waals surface area (Å²) in [6.45, 7) is 12.3. The molecule has 3 unspecified atom stereocenters. The predicted octanol–water partition coefficient (Wildman–Crippen LogP) is 5.23. The van der Waals surface area contributed by atoms with Crippen LogP contribution in [-0.4, -0.2) is 196 Å². The molecule has 22 nitrogen and oxygen atoms in total. The Morgan fingerprint density at radius 1 is 0.568 bits per heavy atom. The summed E-state index contributed by atoms with van der Waals surface area (Å²) in [7, 11) is 0. The van der Waals surface area contributed by atoms with Gasteiger partial charge in [-0.25, -0.2) is 5.48 Å². The summed E-state index contributed by atoms with van der Waals surface area (Å²) in [6.07, 6.45) is 25.4. The van der Waals surface area contributed by atoms with E-state index >= 15 is 0 Å². The Morgan fingerprint density at radius 3 is 1.36 bits per heavy atom. The van der Waals surface area contributed by atoms with Crippen LogP contribution in [-0.2, 0) is 19.4 Å². The first-order valence-corrected chi connectivity index (χ1v) is 29.3. The Kier molecular flexibility index (Phi) is 30.1. The summed E-state index contributed by atoms with van der Waals surface area (Å²) in [5, 5.41) is 63.6. The number of rotatable bonds is 21. The van der Waals surface area contributed by atoms with E-state index in [1.54, 1.807) is 61.2 Å². The maximum atomic E-state index is 11.1. The van der Waals surface area contributed by atoms with E-state index < -0.39 is 18.3 Å². The molecule has 5 aliphatic rings. The summed E-state index contributed by atoms with van der Waals surface area (Å²) in [5.74, 6) is 0.793. The third kappa shape index (κ3) is 26.2. The second-order valence-electron chi connectivity index (χ2n) is 20.4. The molecule has 4 aromatic heterocycles. The van der Waals surface area contributed by atoms with Gasteiger partial charge < -0.3 is 59.8 Å². The smallest absolute Gasteiger partial charge is 0.190 e. The third-order valence-corrected chi connectivity index (χ3v) is 14.4. The number of β-amino-alcohol motifs (C(OH)–C–C–N with tert-alkyl or cyclic N) is 3. The second kappa shape index (κ2) is 37.7. The van der Waals surface area contributed by atoms with Crippen molar-refractivity contribution < 1.29 is 44.1 Å². The van der Waals surface area contributed by atoms with E-state index in [1.807, 2.05) is 12.1 Å². The quantitative estimate of drug-likeness (QED) is 0.0361. The van der Waals surface area contributed by atoms with Crippen LogP contribution in [0.25, 0.3) is 0 Å². The lowest BCUT2D eigenvalue weighted by Crippen LogP contribution is -2.43. The van der Waals surface area contributed by atoms with Crippen molar-refractivity contribution in [2.75, 3.05) is 105 Å². The van der Waals surface area contributed by atoms with Gasteiger partial charge in [0.1, 0.15) is 38.1 Å². The molecule has 9 rings (SSSR count). The number of aliphatic hydroxyl groups is 3. The molecule has 4 N–H and O–H groups in total. The van der Waals surface area contributed by atoms with Crippen LogP contribution in [0.5, 0.6) is 0 Å². The maximum absolute atomic E-state index is 11.1. The van der Waals surface area contributed by atoms with Crippen LogP contribution >= 0.6 is 34.8 Å². The van der Waals surface area contributed by atoms with E-state index in [9.17, 15) is 25.7 Å². The molecule has 0 aliphatic carbocycles. The molecule has 0 saturated carbocycles. The number of aromatic nitrogens is 4. The number of oxime groups is 3. The van der Waals surface area contributed by atoms with E-state index in [0.717, 1.165) is 57.2 Å². The molecule has 9 heterocycles. The highest BCUT2D eigenvalue weighted by molar-refractivity contribution is 6.70. The normalized spacial score (nSPS) is 20.0. The van der Waals surface area contributed by atoms with E-state index in [4.69, 9.17) is 59.1 Å². The Hall–Kier alpha value is -5.37. The number of pyridine rings is 4. The summed E-state index contributed by atoms with van der Waals surface area (Å²) in [6, 6.07) is 14.2. The number of amidine groups is 1. The summed E-state index contributed by atoms with van der Waals surface area (Å²) >= 11 is 17.8. The van der Waals surface area contributed by atoms with Crippen LogP contribution in [0.4, 0.5) is 0 Å². The molecule has 0 aromatic carbocycles. The number of aliphatic hydroxyl groups excluding tert-OH is 3. The molecule has 0 radical (unpaired) electrons. The van der Waals surface area contributed by atoms with Crippen LogP contribution in [0.3, 0.4) is 0 Å². The Balaban J connectivity index is 0.000000174. The first-order valence-electron chi connectivity index (χ1n) is 28.1. The number of nitrogens with one attached hydrogen (secondary N) is 1. The number of nitrogens with zero attached hydrogens (tertiary/aromatic N) is 12. The molecule has 81 heavy (non-hydrogen) atoms. The molecule has 0 spiro atoms. The number of hydroxylamine groups is 1. The highest BCUT2D eigenvalue weighted by atomic mass is 35.5. The summed E-state index contributed by atoms with van der Waals surface area (Å²) in [4.78, 5) is 42.7. The Morgan fingerprint density at radius 2 is 0.963 bits per heavy atom. The topological polar surface area (TPSA) is 252 Å². The molecular weight excluding hydrogens is 1110 g/mol.